The Labute approximate surface area is 203 Å². The third kappa shape index (κ3) is 4.46. The highest BCUT2D eigenvalue weighted by molar-refractivity contribution is 9.10. The van der Waals surface area contributed by atoms with Gasteiger partial charge < -0.3 is 9.52 Å². The van der Waals surface area contributed by atoms with Crippen LogP contribution >= 0.6 is 15.9 Å². The van der Waals surface area contributed by atoms with Gasteiger partial charge in [0.2, 0.25) is 0 Å². The Bertz CT molecular complexity index is 1450. The van der Waals surface area contributed by atoms with Gasteiger partial charge in [0.15, 0.2) is 0 Å². The predicted octanol–water partition coefficient (Wildman–Crippen LogP) is 6.05. The summed E-state index contributed by atoms with van der Waals surface area (Å²) in [6, 6.07) is 15.5. The molecule has 0 saturated heterocycles. The Morgan fingerprint density at radius 3 is 2.59 bits per heavy atom. The highest BCUT2D eigenvalue weighted by atomic mass is 79.9. The van der Waals surface area contributed by atoms with Gasteiger partial charge in [0.05, 0.1) is 22.7 Å². The number of nitrogens with zero attached hydrogens (tertiary/aromatic N) is 3. The molecule has 2 aromatic carbocycles. The first kappa shape index (κ1) is 22.3. The van der Waals surface area contributed by atoms with Gasteiger partial charge in [-0.15, -0.1) is 0 Å². The van der Waals surface area contributed by atoms with Crippen molar-refractivity contribution in [2.24, 2.45) is 5.10 Å². The number of aromatic carboxylic acids is 1. The fraction of sp³-hybridized carbons (Fsp3) is 0.231. The van der Waals surface area contributed by atoms with Crippen LogP contribution in [0.2, 0.25) is 0 Å². The van der Waals surface area contributed by atoms with E-state index in [9.17, 15) is 9.59 Å². The number of carboxylic acids is 1. The van der Waals surface area contributed by atoms with Gasteiger partial charge in [-0.1, -0.05) is 47.3 Å². The van der Waals surface area contributed by atoms with Crippen LogP contribution in [0.3, 0.4) is 0 Å². The summed E-state index contributed by atoms with van der Waals surface area (Å²) in [5, 5.41) is 14.1. The van der Waals surface area contributed by atoms with Crippen LogP contribution in [0.4, 0.5) is 0 Å². The van der Waals surface area contributed by atoms with E-state index in [4.69, 9.17) is 14.5 Å². The summed E-state index contributed by atoms with van der Waals surface area (Å²) in [6.45, 7) is 0. The molecule has 7 nitrogen and oxygen atoms in total. The Kier molecular flexibility index (Phi) is 6.15. The standard InChI is InChI=1S/C26H22BrN3O4/c27-19-10-12-22-21(14-19)25(31)30(24(29-22)17-4-2-1-3-5-17)28-15-20-11-13-23(34-20)16-6-8-18(9-7-16)26(32)33/h6-15,17H,1-5H2,(H,32,33). The molecule has 0 aliphatic heterocycles. The first-order chi connectivity index (χ1) is 16.5. The summed E-state index contributed by atoms with van der Waals surface area (Å²) in [5.74, 6) is 0.958. The van der Waals surface area contributed by atoms with Crippen molar-refractivity contribution >= 4 is 39.0 Å². The van der Waals surface area contributed by atoms with Gasteiger partial charge in [-0.2, -0.15) is 9.78 Å². The van der Waals surface area contributed by atoms with Crippen LogP contribution in [0.15, 0.2) is 73.4 Å². The van der Waals surface area contributed by atoms with Crippen molar-refractivity contribution < 1.29 is 14.3 Å². The third-order valence-corrected chi connectivity index (χ3v) is 6.64. The van der Waals surface area contributed by atoms with E-state index in [1.165, 1.54) is 29.4 Å². The number of halogens is 1. The molecule has 0 radical (unpaired) electrons. The van der Waals surface area contributed by atoms with E-state index in [1.807, 2.05) is 12.1 Å². The normalized spacial score (nSPS) is 14.7. The molecule has 1 N–H and O–H groups in total. The monoisotopic (exact) mass is 519 g/mol. The molecule has 172 valence electrons. The van der Waals surface area contributed by atoms with Crippen molar-refractivity contribution in [3.05, 3.63) is 86.6 Å². The van der Waals surface area contributed by atoms with Crippen molar-refractivity contribution in [2.75, 3.05) is 0 Å². The van der Waals surface area contributed by atoms with Crippen molar-refractivity contribution in [2.45, 2.75) is 38.0 Å². The number of benzene rings is 2. The highest BCUT2D eigenvalue weighted by Crippen LogP contribution is 2.32. The fourth-order valence-corrected chi connectivity index (χ4v) is 4.73. The summed E-state index contributed by atoms with van der Waals surface area (Å²) in [6.07, 6.45) is 6.93. The van der Waals surface area contributed by atoms with E-state index < -0.39 is 5.97 Å². The van der Waals surface area contributed by atoms with Crippen molar-refractivity contribution in [1.82, 2.24) is 9.66 Å². The maximum Gasteiger partial charge on any atom is 0.335 e. The molecule has 1 aliphatic carbocycles. The molecule has 0 bridgehead atoms. The van der Waals surface area contributed by atoms with Crippen LogP contribution in [0.5, 0.6) is 0 Å². The van der Waals surface area contributed by atoms with Crippen molar-refractivity contribution in [3.63, 3.8) is 0 Å². The van der Waals surface area contributed by atoms with Crippen LogP contribution in [-0.2, 0) is 0 Å². The molecule has 1 aliphatic rings. The number of hydrogen-bond donors (Lipinski definition) is 1. The maximum absolute atomic E-state index is 13.4. The lowest BCUT2D eigenvalue weighted by molar-refractivity contribution is 0.0697. The van der Waals surface area contributed by atoms with E-state index in [0.29, 0.717) is 28.2 Å². The van der Waals surface area contributed by atoms with Crippen molar-refractivity contribution in [3.8, 4) is 11.3 Å². The number of hydrogen-bond acceptors (Lipinski definition) is 5. The first-order valence-corrected chi connectivity index (χ1v) is 12.0. The zero-order valence-corrected chi connectivity index (χ0v) is 19.9. The summed E-state index contributed by atoms with van der Waals surface area (Å²) >= 11 is 3.44. The second-order valence-corrected chi connectivity index (χ2v) is 9.33. The number of fused-ring (bicyclic) bond motifs is 1. The topological polar surface area (TPSA) is 97.7 Å². The number of carbonyl (C=O) groups is 1. The summed E-state index contributed by atoms with van der Waals surface area (Å²) in [4.78, 5) is 29.3. The summed E-state index contributed by atoms with van der Waals surface area (Å²) in [5.41, 5.74) is 1.42. The molecular weight excluding hydrogens is 498 g/mol. The summed E-state index contributed by atoms with van der Waals surface area (Å²) < 4.78 is 8.10. The average Bonchev–Trinajstić information content (AvgIpc) is 3.33. The highest BCUT2D eigenvalue weighted by Gasteiger charge is 2.22. The SMILES string of the molecule is O=C(O)c1ccc(-c2ccc(C=Nn3c(C4CCCCC4)nc4ccc(Br)cc4c3=O)o2)cc1. The zero-order valence-electron chi connectivity index (χ0n) is 18.3. The smallest absolute Gasteiger partial charge is 0.335 e. The van der Waals surface area contributed by atoms with Crippen molar-refractivity contribution in [1.29, 1.82) is 0 Å². The molecule has 4 aromatic rings. The lowest BCUT2D eigenvalue weighted by Gasteiger charge is -2.22. The molecule has 0 atom stereocenters. The minimum Gasteiger partial charge on any atom is -0.478 e. The quantitative estimate of drug-likeness (QED) is 0.323. The van der Waals surface area contributed by atoms with Gasteiger partial charge in [0.25, 0.3) is 5.56 Å². The van der Waals surface area contributed by atoms with Crippen LogP contribution in [0.1, 0.15) is 60.0 Å². The zero-order chi connectivity index (χ0) is 23.7. The molecule has 8 heteroatoms. The van der Waals surface area contributed by atoms with Gasteiger partial charge in [0, 0.05) is 16.0 Å². The molecule has 5 rings (SSSR count). The van der Waals surface area contributed by atoms with Gasteiger partial charge >= 0.3 is 5.97 Å². The average molecular weight is 520 g/mol. The van der Waals surface area contributed by atoms with E-state index in [1.54, 1.807) is 30.3 Å². The second kappa shape index (κ2) is 9.38. The minimum absolute atomic E-state index is 0.187. The molecular formula is C26H22BrN3O4. The van der Waals surface area contributed by atoms with E-state index in [0.717, 1.165) is 35.7 Å². The number of furan rings is 1. The molecule has 2 heterocycles. The van der Waals surface area contributed by atoms with E-state index >= 15 is 0 Å². The Morgan fingerprint density at radius 1 is 1.09 bits per heavy atom. The van der Waals surface area contributed by atoms with Crippen LogP contribution in [0.25, 0.3) is 22.2 Å². The minimum atomic E-state index is -0.978. The summed E-state index contributed by atoms with van der Waals surface area (Å²) in [7, 11) is 0. The Balaban J connectivity index is 1.51. The largest absolute Gasteiger partial charge is 0.478 e. The molecule has 0 amide bonds. The molecule has 34 heavy (non-hydrogen) atoms. The van der Waals surface area contributed by atoms with Gasteiger partial charge in [-0.05, 0) is 55.3 Å². The Morgan fingerprint density at radius 2 is 1.85 bits per heavy atom. The maximum atomic E-state index is 13.4. The molecule has 1 fully saturated rings. The van der Waals surface area contributed by atoms with E-state index in [-0.39, 0.29) is 17.0 Å². The van der Waals surface area contributed by atoms with Gasteiger partial charge in [-0.3, -0.25) is 4.79 Å². The predicted molar refractivity (Wildman–Crippen MR) is 134 cm³/mol. The molecule has 1 saturated carbocycles. The van der Waals surface area contributed by atoms with Gasteiger partial charge in [-0.25, -0.2) is 9.78 Å². The lowest BCUT2D eigenvalue weighted by atomic mass is 9.88. The lowest BCUT2D eigenvalue weighted by Crippen LogP contribution is -2.25. The van der Waals surface area contributed by atoms with Gasteiger partial charge in [0.1, 0.15) is 17.3 Å². The number of aromatic nitrogens is 2. The fourth-order valence-electron chi connectivity index (χ4n) is 4.37. The second-order valence-electron chi connectivity index (χ2n) is 8.41. The molecule has 2 aromatic heterocycles. The number of carboxylic acid groups (broad SMARTS) is 1. The third-order valence-electron chi connectivity index (χ3n) is 6.15. The first-order valence-electron chi connectivity index (χ1n) is 11.2. The Hall–Kier alpha value is -3.52. The van der Waals surface area contributed by atoms with E-state index in [2.05, 4.69) is 21.0 Å². The van der Waals surface area contributed by atoms with Crippen LogP contribution in [0, 0.1) is 0 Å². The molecule has 0 unspecified atom stereocenters. The molecule has 0 spiro atoms. The van der Waals surface area contributed by atoms with Crippen LogP contribution in [-0.4, -0.2) is 27.0 Å². The van der Waals surface area contributed by atoms with Crippen LogP contribution < -0.4 is 5.56 Å². The number of rotatable bonds is 5.